The Morgan fingerprint density at radius 3 is 1.60 bits per heavy atom. The molecule has 2 heteroatoms. The van der Waals surface area contributed by atoms with Gasteiger partial charge in [-0.3, -0.25) is 0 Å². The second-order valence-electron chi connectivity index (χ2n) is 0.289. The zero-order valence-electron chi connectivity index (χ0n) is 2.69. The van der Waals surface area contributed by atoms with Gasteiger partial charge in [-0.25, -0.2) is 19.6 Å². The molecule has 0 nitrogen and oxygen atoms in total. The molecule has 0 unspecified atom stereocenters. The van der Waals surface area contributed by atoms with Crippen LogP contribution in [0.25, 0.3) is 0 Å². The largest absolute Gasteiger partial charge is 2.00 e. The third kappa shape index (κ3) is 163. The van der Waals surface area contributed by atoms with E-state index in [2.05, 4.69) is 13.5 Å². The van der Waals surface area contributed by atoms with E-state index in [1.807, 2.05) is 0 Å². The van der Waals surface area contributed by atoms with Gasteiger partial charge in [-0.2, -0.15) is 0 Å². The summed E-state index contributed by atoms with van der Waals surface area (Å²) in [7, 11) is 0. The topological polar surface area (TPSA) is 0 Å². The first-order valence-electron chi connectivity index (χ1n) is 0.816. The zero-order valence-corrected chi connectivity index (χ0v) is 4.43. The van der Waals surface area contributed by atoms with Crippen molar-refractivity contribution in [1.29, 1.82) is 0 Å². The number of halogens is 1. The summed E-state index contributed by atoms with van der Waals surface area (Å²) < 4.78 is 0. The molecule has 0 aliphatic rings. The van der Waals surface area contributed by atoms with Crippen molar-refractivity contribution in [2.75, 3.05) is 0 Å². The fraction of sp³-hybridized carbons (Fsp3) is 0. The van der Waals surface area contributed by atoms with E-state index >= 15 is 0 Å². The van der Waals surface area contributed by atoms with Crippen LogP contribution < -0.4 is 12.4 Å². The van der Waals surface area contributed by atoms with Crippen LogP contribution in [0.4, 0.5) is 0 Å². The van der Waals surface area contributed by atoms with Crippen molar-refractivity contribution in [3.63, 3.8) is 0 Å². The zero-order chi connectivity index (χ0) is 2.71. The maximum atomic E-state index is 3.25. The molecule has 0 saturated carbocycles. The molecule has 0 N–H and O–H groups in total. The molecule has 0 aromatic carbocycles. The predicted octanol–water partition coefficient (Wildman–Crippen LogP) is -1.99. The minimum atomic E-state index is 0. The van der Waals surface area contributed by atoms with Crippen LogP contribution in [0.1, 0.15) is 0 Å². The van der Waals surface area contributed by atoms with Crippen LogP contribution in [-0.2, 0) is 16.5 Å². The van der Waals surface area contributed by atoms with Crippen molar-refractivity contribution >= 4 is 0 Å². The summed E-state index contributed by atoms with van der Waals surface area (Å²) in [6.07, 6.45) is 1.50. The van der Waals surface area contributed by atoms with Crippen LogP contribution in [0.3, 0.4) is 0 Å². The first kappa shape index (κ1) is 18.2. The normalized spacial score (nSPS) is 2.40. The Balaban J connectivity index is -0.0000000200. The molecule has 0 spiro atoms. The molecule has 0 atom stereocenters. The van der Waals surface area contributed by atoms with Gasteiger partial charge in [0.15, 0.2) is 0 Å². The maximum Gasteiger partial charge on any atom is 2.00 e. The minimum absolute atomic E-state index is 0. The first-order chi connectivity index (χ1) is 1.41. The van der Waals surface area contributed by atoms with Crippen LogP contribution in [-0.4, -0.2) is 0 Å². The van der Waals surface area contributed by atoms with Gasteiger partial charge in [-0.05, 0) is 0 Å². The molecule has 0 aromatic heterocycles. The van der Waals surface area contributed by atoms with Crippen molar-refractivity contribution in [3.05, 3.63) is 19.6 Å². The van der Waals surface area contributed by atoms with Gasteiger partial charge in [-0.1, -0.05) is 0 Å². The monoisotopic (exact) mass is 134 g/mol. The fourth-order valence-electron chi connectivity index (χ4n) is 0. The van der Waals surface area contributed by atoms with Gasteiger partial charge in [0.25, 0.3) is 0 Å². The number of hydrogen-bond acceptors (Lipinski definition) is 0. The van der Waals surface area contributed by atoms with Gasteiger partial charge in [0.2, 0.25) is 0 Å². The average Bonchev–Trinajstić information content (AvgIpc) is 0.918. The summed E-state index contributed by atoms with van der Waals surface area (Å²) >= 11 is 0. The molecular formula is C3H5ClNi. The van der Waals surface area contributed by atoms with Gasteiger partial charge in [0.05, 0.1) is 0 Å². The Morgan fingerprint density at radius 1 is 1.60 bits per heavy atom. The van der Waals surface area contributed by atoms with E-state index in [0.29, 0.717) is 0 Å². The van der Waals surface area contributed by atoms with Gasteiger partial charge in [0, 0.05) is 0 Å². The molecule has 0 fully saturated rings. The third-order valence-corrected chi connectivity index (χ3v) is 0. The summed E-state index contributed by atoms with van der Waals surface area (Å²) in [6.45, 7) is 6.50. The molecule has 5 heavy (non-hydrogen) atoms. The van der Waals surface area contributed by atoms with Crippen LogP contribution in [0.2, 0.25) is 0 Å². The second kappa shape index (κ2) is 26.1. The summed E-state index contributed by atoms with van der Waals surface area (Å²) in [5, 5.41) is 0. The molecule has 0 aliphatic heterocycles. The van der Waals surface area contributed by atoms with E-state index in [0.717, 1.165) is 0 Å². The maximum absolute atomic E-state index is 3.25. The SMILES string of the molecule is C=C[CH2-].[Cl-].[Ni+2]. The molecular weight excluding hydrogens is 130 g/mol. The van der Waals surface area contributed by atoms with Gasteiger partial charge in [0.1, 0.15) is 0 Å². The Hall–Kier alpha value is 0.394. The van der Waals surface area contributed by atoms with E-state index in [9.17, 15) is 0 Å². The molecule has 0 radical (unpaired) electrons. The van der Waals surface area contributed by atoms with Crippen LogP contribution in [0, 0.1) is 6.92 Å². The molecule has 0 amide bonds. The summed E-state index contributed by atoms with van der Waals surface area (Å²) in [6, 6.07) is 0. The standard InChI is InChI=1S/C3H5.ClH.Ni/c1-3-2;;/h3H,1-2H2;1H;/q-1;;+2/p-1. The van der Waals surface area contributed by atoms with Crippen LogP contribution in [0.5, 0.6) is 0 Å². The van der Waals surface area contributed by atoms with Gasteiger partial charge in [-0.15, -0.1) is 0 Å². The van der Waals surface area contributed by atoms with Crippen molar-refractivity contribution in [3.8, 4) is 0 Å². The summed E-state index contributed by atoms with van der Waals surface area (Å²) in [4.78, 5) is 0. The second-order valence-corrected chi connectivity index (χ2v) is 0.289. The smallest absolute Gasteiger partial charge is 1.00 e. The van der Waals surface area contributed by atoms with Crippen molar-refractivity contribution in [2.24, 2.45) is 0 Å². The Morgan fingerprint density at radius 2 is 1.60 bits per heavy atom. The number of rotatable bonds is 0. The molecule has 34 valence electrons. The number of hydrogen-bond donors (Lipinski definition) is 0. The van der Waals surface area contributed by atoms with E-state index in [1.54, 1.807) is 0 Å². The molecule has 0 heterocycles. The van der Waals surface area contributed by atoms with Crippen molar-refractivity contribution in [1.82, 2.24) is 0 Å². The van der Waals surface area contributed by atoms with Crippen LogP contribution in [0.15, 0.2) is 12.7 Å². The third-order valence-electron chi connectivity index (χ3n) is 0. The molecule has 0 aliphatic carbocycles. The van der Waals surface area contributed by atoms with Crippen molar-refractivity contribution in [2.45, 2.75) is 0 Å². The van der Waals surface area contributed by atoms with E-state index in [4.69, 9.17) is 0 Å². The molecule has 0 bridgehead atoms. The first-order valence-corrected chi connectivity index (χ1v) is 0.816. The van der Waals surface area contributed by atoms with Gasteiger partial charge >= 0.3 is 16.5 Å². The van der Waals surface area contributed by atoms with E-state index in [1.165, 1.54) is 6.08 Å². The molecule has 0 saturated heterocycles. The Kier molecular flexibility index (Phi) is 94.7. The molecule has 0 rings (SSSR count). The minimum Gasteiger partial charge on any atom is -1.00 e. The molecule has 0 aromatic rings. The average molecular weight is 135 g/mol. The Bertz CT molecular complexity index is 14.4. The van der Waals surface area contributed by atoms with Crippen molar-refractivity contribution < 1.29 is 28.9 Å². The van der Waals surface area contributed by atoms with E-state index < -0.39 is 0 Å². The predicted molar refractivity (Wildman–Crippen MR) is 15.6 cm³/mol. The fourth-order valence-corrected chi connectivity index (χ4v) is 0. The van der Waals surface area contributed by atoms with E-state index in [-0.39, 0.29) is 28.9 Å². The Labute approximate surface area is 49.0 Å². The number of allylic oxidation sites excluding steroid dienone is 1. The quantitative estimate of drug-likeness (QED) is 0.266. The summed E-state index contributed by atoms with van der Waals surface area (Å²) in [5.74, 6) is 0. The summed E-state index contributed by atoms with van der Waals surface area (Å²) in [5.41, 5.74) is 0. The van der Waals surface area contributed by atoms with Crippen LogP contribution >= 0.6 is 0 Å². The van der Waals surface area contributed by atoms with Gasteiger partial charge < -0.3 is 12.4 Å².